The van der Waals surface area contributed by atoms with Crippen molar-refractivity contribution in [2.45, 2.75) is 12.5 Å². The third-order valence-electron chi connectivity index (χ3n) is 4.38. The summed E-state index contributed by atoms with van der Waals surface area (Å²) >= 11 is 0. The number of rotatable bonds is 2. The molecular formula is C18H17N3O2. The van der Waals surface area contributed by atoms with Gasteiger partial charge in [0, 0.05) is 32.3 Å². The SMILES string of the molecule is Cn1cc([C@H]2CN(C(=O)c3ccoc3)Cc3ccccc32)cn1. The van der Waals surface area contributed by atoms with Gasteiger partial charge in [0.05, 0.1) is 18.0 Å². The Morgan fingerprint density at radius 2 is 2.17 bits per heavy atom. The minimum atomic E-state index is 0.00198. The minimum absolute atomic E-state index is 0.00198. The van der Waals surface area contributed by atoms with Crippen molar-refractivity contribution >= 4 is 5.91 Å². The number of aromatic nitrogens is 2. The number of hydrogen-bond acceptors (Lipinski definition) is 3. The van der Waals surface area contributed by atoms with Crippen molar-refractivity contribution in [2.75, 3.05) is 6.54 Å². The number of fused-ring (bicyclic) bond motifs is 1. The van der Waals surface area contributed by atoms with E-state index < -0.39 is 0 Å². The van der Waals surface area contributed by atoms with Gasteiger partial charge in [-0.1, -0.05) is 24.3 Å². The van der Waals surface area contributed by atoms with Crippen LogP contribution in [0.2, 0.25) is 0 Å². The van der Waals surface area contributed by atoms with E-state index in [1.165, 1.54) is 23.7 Å². The van der Waals surface area contributed by atoms with E-state index in [1.54, 1.807) is 10.7 Å². The largest absolute Gasteiger partial charge is 0.472 e. The minimum Gasteiger partial charge on any atom is -0.472 e. The number of aryl methyl sites for hydroxylation is 1. The number of carbonyl (C=O) groups is 1. The van der Waals surface area contributed by atoms with Crippen molar-refractivity contribution in [2.24, 2.45) is 7.05 Å². The van der Waals surface area contributed by atoms with Gasteiger partial charge in [-0.2, -0.15) is 5.10 Å². The fourth-order valence-electron chi connectivity index (χ4n) is 3.24. The molecule has 0 N–H and O–H groups in total. The Kier molecular flexibility index (Phi) is 3.26. The maximum Gasteiger partial charge on any atom is 0.257 e. The average molecular weight is 307 g/mol. The molecule has 23 heavy (non-hydrogen) atoms. The van der Waals surface area contributed by atoms with E-state index in [4.69, 9.17) is 4.42 Å². The van der Waals surface area contributed by atoms with E-state index in [0.29, 0.717) is 18.7 Å². The smallest absolute Gasteiger partial charge is 0.257 e. The molecule has 0 unspecified atom stereocenters. The van der Waals surface area contributed by atoms with Gasteiger partial charge < -0.3 is 9.32 Å². The number of amides is 1. The summed E-state index contributed by atoms with van der Waals surface area (Å²) in [5.74, 6) is 0.145. The molecular weight excluding hydrogens is 290 g/mol. The Balaban J connectivity index is 1.72. The summed E-state index contributed by atoms with van der Waals surface area (Å²) in [6, 6.07) is 10.0. The van der Waals surface area contributed by atoms with Crippen LogP contribution in [0.15, 0.2) is 59.7 Å². The number of hydrogen-bond donors (Lipinski definition) is 0. The van der Waals surface area contributed by atoms with E-state index in [9.17, 15) is 4.79 Å². The molecule has 5 nitrogen and oxygen atoms in total. The normalized spacial score (nSPS) is 17.1. The zero-order valence-electron chi connectivity index (χ0n) is 12.8. The van der Waals surface area contributed by atoms with Crippen molar-refractivity contribution < 1.29 is 9.21 Å². The molecule has 1 aromatic carbocycles. The predicted octanol–water partition coefficient (Wildman–Crippen LogP) is 2.80. The molecule has 0 spiro atoms. The second kappa shape index (κ2) is 5.43. The first-order valence-corrected chi connectivity index (χ1v) is 7.60. The highest BCUT2D eigenvalue weighted by atomic mass is 16.3. The molecule has 1 aliphatic heterocycles. The summed E-state index contributed by atoms with van der Waals surface area (Å²) in [7, 11) is 1.91. The van der Waals surface area contributed by atoms with Gasteiger partial charge in [0.2, 0.25) is 0 Å². The Morgan fingerprint density at radius 3 is 2.91 bits per heavy atom. The Morgan fingerprint density at radius 1 is 1.30 bits per heavy atom. The number of nitrogens with zero attached hydrogens (tertiary/aromatic N) is 3. The summed E-state index contributed by atoms with van der Waals surface area (Å²) in [5.41, 5.74) is 4.18. The molecule has 0 aliphatic carbocycles. The van der Waals surface area contributed by atoms with E-state index in [2.05, 4.69) is 23.3 Å². The molecule has 116 valence electrons. The van der Waals surface area contributed by atoms with Crippen LogP contribution in [0.4, 0.5) is 0 Å². The molecule has 3 heterocycles. The Labute approximate surface area is 134 Å². The Hall–Kier alpha value is -2.82. The van der Waals surface area contributed by atoms with Crippen LogP contribution in [0.5, 0.6) is 0 Å². The van der Waals surface area contributed by atoms with Gasteiger partial charge in [-0.25, -0.2) is 0 Å². The van der Waals surface area contributed by atoms with Crippen LogP contribution < -0.4 is 0 Å². The van der Waals surface area contributed by atoms with E-state index in [-0.39, 0.29) is 11.8 Å². The van der Waals surface area contributed by atoms with Gasteiger partial charge in [-0.05, 0) is 22.8 Å². The molecule has 0 saturated carbocycles. The van der Waals surface area contributed by atoms with Crippen LogP contribution >= 0.6 is 0 Å². The van der Waals surface area contributed by atoms with Crippen molar-refractivity contribution in [3.8, 4) is 0 Å². The Bertz CT molecular complexity index is 836. The number of benzene rings is 1. The third kappa shape index (κ3) is 2.44. The molecule has 0 bridgehead atoms. The highest BCUT2D eigenvalue weighted by molar-refractivity contribution is 5.94. The van der Waals surface area contributed by atoms with Crippen LogP contribution in [0.25, 0.3) is 0 Å². The molecule has 0 fully saturated rings. The van der Waals surface area contributed by atoms with Crippen LogP contribution in [0.3, 0.4) is 0 Å². The first-order chi connectivity index (χ1) is 11.2. The lowest BCUT2D eigenvalue weighted by atomic mass is 9.86. The topological polar surface area (TPSA) is 51.3 Å². The van der Waals surface area contributed by atoms with Gasteiger partial charge in [0.1, 0.15) is 6.26 Å². The number of furan rings is 1. The predicted molar refractivity (Wildman–Crippen MR) is 84.9 cm³/mol. The van der Waals surface area contributed by atoms with E-state index in [1.807, 2.05) is 30.4 Å². The van der Waals surface area contributed by atoms with Gasteiger partial charge in [0.15, 0.2) is 0 Å². The fraction of sp³-hybridized carbons (Fsp3) is 0.222. The van der Waals surface area contributed by atoms with Crippen molar-refractivity contribution in [3.05, 3.63) is 77.5 Å². The zero-order chi connectivity index (χ0) is 15.8. The van der Waals surface area contributed by atoms with Crippen molar-refractivity contribution in [1.29, 1.82) is 0 Å². The van der Waals surface area contributed by atoms with E-state index >= 15 is 0 Å². The highest BCUT2D eigenvalue weighted by Gasteiger charge is 2.30. The molecule has 5 heteroatoms. The molecule has 0 saturated heterocycles. The standard InChI is InChI=1S/C18H17N3O2/c1-20-9-15(8-19-20)17-11-21(18(22)14-6-7-23-12-14)10-13-4-2-3-5-16(13)17/h2-9,12,17H,10-11H2,1H3/t17-/m1/s1. The maximum absolute atomic E-state index is 12.7. The van der Waals surface area contributed by atoms with E-state index in [0.717, 1.165) is 5.56 Å². The molecule has 2 aromatic heterocycles. The molecule has 1 aliphatic rings. The molecule has 0 radical (unpaired) electrons. The van der Waals surface area contributed by atoms with Crippen molar-refractivity contribution in [3.63, 3.8) is 0 Å². The summed E-state index contributed by atoms with van der Waals surface area (Å²) in [4.78, 5) is 14.6. The third-order valence-corrected chi connectivity index (χ3v) is 4.38. The van der Waals surface area contributed by atoms with Crippen LogP contribution in [-0.4, -0.2) is 27.1 Å². The molecule has 1 atom stereocenters. The summed E-state index contributed by atoms with van der Waals surface area (Å²) in [6.07, 6.45) is 6.94. The highest BCUT2D eigenvalue weighted by Crippen LogP contribution is 2.33. The van der Waals surface area contributed by atoms with Gasteiger partial charge >= 0.3 is 0 Å². The molecule has 1 amide bonds. The van der Waals surface area contributed by atoms with Gasteiger partial charge in [0.25, 0.3) is 5.91 Å². The van der Waals surface area contributed by atoms with Gasteiger partial charge in [-0.15, -0.1) is 0 Å². The quantitative estimate of drug-likeness (QED) is 0.731. The second-order valence-electron chi connectivity index (χ2n) is 5.90. The average Bonchev–Trinajstić information content (AvgIpc) is 3.24. The van der Waals surface area contributed by atoms with Crippen LogP contribution in [0.1, 0.15) is 33.0 Å². The fourth-order valence-corrected chi connectivity index (χ4v) is 3.24. The first-order valence-electron chi connectivity index (χ1n) is 7.60. The second-order valence-corrected chi connectivity index (χ2v) is 5.90. The number of carbonyl (C=O) groups excluding carboxylic acids is 1. The van der Waals surface area contributed by atoms with Crippen molar-refractivity contribution in [1.82, 2.24) is 14.7 Å². The maximum atomic E-state index is 12.7. The summed E-state index contributed by atoms with van der Waals surface area (Å²) in [6.45, 7) is 1.27. The lowest BCUT2D eigenvalue weighted by molar-refractivity contribution is 0.0724. The lowest BCUT2D eigenvalue weighted by Crippen LogP contribution is -2.38. The first kappa shape index (κ1) is 13.8. The molecule has 3 aromatic rings. The monoisotopic (exact) mass is 307 g/mol. The van der Waals surface area contributed by atoms with Gasteiger partial charge in [-0.3, -0.25) is 9.48 Å². The molecule has 4 rings (SSSR count). The van der Waals surface area contributed by atoms with Crippen LogP contribution in [0, 0.1) is 0 Å². The summed E-state index contributed by atoms with van der Waals surface area (Å²) in [5, 5.41) is 4.28. The summed E-state index contributed by atoms with van der Waals surface area (Å²) < 4.78 is 6.85. The lowest BCUT2D eigenvalue weighted by Gasteiger charge is -2.34. The zero-order valence-corrected chi connectivity index (χ0v) is 12.8. The van der Waals surface area contributed by atoms with Crippen LogP contribution in [-0.2, 0) is 13.6 Å².